The van der Waals surface area contributed by atoms with Gasteiger partial charge in [-0.15, -0.1) is 0 Å². The van der Waals surface area contributed by atoms with Gasteiger partial charge in [0.1, 0.15) is 0 Å². The summed E-state index contributed by atoms with van der Waals surface area (Å²) < 4.78 is 5.53. The van der Waals surface area contributed by atoms with E-state index in [1.165, 1.54) is 0 Å². The zero-order valence-electron chi connectivity index (χ0n) is 9.58. The fourth-order valence-electron chi connectivity index (χ4n) is 1.54. The van der Waals surface area contributed by atoms with Crippen molar-refractivity contribution in [3.05, 3.63) is 0 Å². The maximum absolute atomic E-state index is 11.3. The van der Waals surface area contributed by atoms with Crippen LogP contribution in [0.1, 0.15) is 6.42 Å². The molecule has 1 aliphatic heterocycles. The zero-order valence-corrected chi connectivity index (χ0v) is 9.58. The number of rotatable bonds is 5. The standard InChI is InChI=1S/C10H21N3O2/c1-11-4-3-10(14)12-7-9-8-13(2)5-6-15-9/h9,11H,3-8H2,1-2H3,(H,12,14). The minimum absolute atomic E-state index is 0.0844. The van der Waals surface area contributed by atoms with Crippen molar-refractivity contribution in [3.8, 4) is 0 Å². The molecular weight excluding hydrogens is 194 g/mol. The van der Waals surface area contributed by atoms with E-state index >= 15 is 0 Å². The lowest BCUT2D eigenvalue weighted by Crippen LogP contribution is -2.46. The number of hydrogen-bond donors (Lipinski definition) is 2. The Morgan fingerprint density at radius 1 is 1.60 bits per heavy atom. The highest BCUT2D eigenvalue weighted by molar-refractivity contribution is 5.76. The van der Waals surface area contributed by atoms with Crippen LogP contribution in [0.5, 0.6) is 0 Å². The molecule has 0 saturated carbocycles. The third-order valence-corrected chi connectivity index (χ3v) is 2.47. The van der Waals surface area contributed by atoms with Gasteiger partial charge in [0.05, 0.1) is 12.7 Å². The molecule has 0 aliphatic carbocycles. The summed E-state index contributed by atoms with van der Waals surface area (Å²) in [5.41, 5.74) is 0. The summed E-state index contributed by atoms with van der Waals surface area (Å²) in [4.78, 5) is 13.5. The lowest BCUT2D eigenvalue weighted by atomic mass is 10.2. The minimum atomic E-state index is 0.0844. The molecule has 1 unspecified atom stereocenters. The average Bonchev–Trinajstić information content (AvgIpc) is 2.23. The van der Waals surface area contributed by atoms with E-state index in [-0.39, 0.29) is 12.0 Å². The number of nitrogens with one attached hydrogen (secondary N) is 2. The van der Waals surface area contributed by atoms with Crippen molar-refractivity contribution in [1.29, 1.82) is 0 Å². The molecule has 1 fully saturated rings. The molecule has 0 spiro atoms. The molecule has 0 aromatic carbocycles. The number of amides is 1. The van der Waals surface area contributed by atoms with Gasteiger partial charge in [-0.05, 0) is 14.1 Å². The van der Waals surface area contributed by atoms with Gasteiger partial charge < -0.3 is 20.3 Å². The van der Waals surface area contributed by atoms with Crippen molar-refractivity contribution < 1.29 is 9.53 Å². The Morgan fingerprint density at radius 3 is 3.07 bits per heavy atom. The smallest absolute Gasteiger partial charge is 0.221 e. The highest BCUT2D eigenvalue weighted by Gasteiger charge is 2.17. The molecule has 0 aromatic heterocycles. The van der Waals surface area contributed by atoms with E-state index in [1.54, 1.807) is 0 Å². The van der Waals surface area contributed by atoms with E-state index in [2.05, 4.69) is 22.6 Å². The summed E-state index contributed by atoms with van der Waals surface area (Å²) in [6, 6.07) is 0. The van der Waals surface area contributed by atoms with Gasteiger partial charge in [-0.25, -0.2) is 0 Å². The molecule has 1 aliphatic rings. The van der Waals surface area contributed by atoms with Crippen LogP contribution in [0.4, 0.5) is 0 Å². The molecule has 15 heavy (non-hydrogen) atoms. The van der Waals surface area contributed by atoms with Crippen LogP contribution < -0.4 is 10.6 Å². The Balaban J connectivity index is 2.10. The molecule has 0 radical (unpaired) electrons. The van der Waals surface area contributed by atoms with Crippen LogP contribution >= 0.6 is 0 Å². The van der Waals surface area contributed by atoms with E-state index in [1.807, 2.05) is 7.05 Å². The van der Waals surface area contributed by atoms with Crippen LogP contribution in [-0.4, -0.2) is 63.8 Å². The second kappa shape index (κ2) is 6.76. The Hall–Kier alpha value is -0.650. The second-order valence-corrected chi connectivity index (χ2v) is 3.91. The number of hydrogen-bond acceptors (Lipinski definition) is 4. The molecule has 1 saturated heterocycles. The first kappa shape index (κ1) is 12.4. The SMILES string of the molecule is CNCCC(=O)NCC1CN(C)CCO1. The molecule has 1 rings (SSSR count). The Morgan fingerprint density at radius 2 is 2.40 bits per heavy atom. The van der Waals surface area contributed by atoms with Gasteiger partial charge in [0.15, 0.2) is 0 Å². The number of carbonyl (C=O) groups excluding carboxylic acids is 1. The monoisotopic (exact) mass is 215 g/mol. The topological polar surface area (TPSA) is 53.6 Å². The maximum atomic E-state index is 11.3. The number of carbonyl (C=O) groups is 1. The van der Waals surface area contributed by atoms with Crippen molar-refractivity contribution in [1.82, 2.24) is 15.5 Å². The second-order valence-electron chi connectivity index (χ2n) is 3.91. The molecule has 1 heterocycles. The van der Waals surface area contributed by atoms with Gasteiger partial charge in [-0.3, -0.25) is 4.79 Å². The van der Waals surface area contributed by atoms with Gasteiger partial charge in [-0.2, -0.15) is 0 Å². The molecule has 88 valence electrons. The van der Waals surface area contributed by atoms with E-state index in [4.69, 9.17) is 4.74 Å². The highest BCUT2D eigenvalue weighted by Crippen LogP contribution is 2.01. The minimum Gasteiger partial charge on any atom is -0.374 e. The van der Waals surface area contributed by atoms with E-state index in [0.29, 0.717) is 13.0 Å². The third kappa shape index (κ3) is 5.11. The molecular formula is C10H21N3O2. The fourth-order valence-corrected chi connectivity index (χ4v) is 1.54. The van der Waals surface area contributed by atoms with Crippen LogP contribution in [0.15, 0.2) is 0 Å². The third-order valence-electron chi connectivity index (χ3n) is 2.47. The molecule has 0 bridgehead atoms. The Kier molecular flexibility index (Phi) is 5.60. The number of ether oxygens (including phenoxy) is 1. The fraction of sp³-hybridized carbons (Fsp3) is 0.900. The molecule has 1 amide bonds. The van der Waals surface area contributed by atoms with Gasteiger partial charge in [0, 0.05) is 32.6 Å². The Labute approximate surface area is 91.2 Å². The molecule has 0 aromatic rings. The van der Waals surface area contributed by atoms with Crippen LogP contribution in [0.25, 0.3) is 0 Å². The largest absolute Gasteiger partial charge is 0.374 e. The molecule has 2 N–H and O–H groups in total. The van der Waals surface area contributed by atoms with Crippen molar-refractivity contribution in [3.63, 3.8) is 0 Å². The summed E-state index contributed by atoms with van der Waals surface area (Å²) in [5, 5.41) is 5.82. The van der Waals surface area contributed by atoms with E-state index < -0.39 is 0 Å². The quantitative estimate of drug-likeness (QED) is 0.620. The first-order chi connectivity index (χ1) is 7.22. The molecule has 5 heteroatoms. The summed E-state index contributed by atoms with van der Waals surface area (Å²) in [5.74, 6) is 0.0844. The van der Waals surface area contributed by atoms with Crippen molar-refractivity contribution in [2.45, 2.75) is 12.5 Å². The van der Waals surface area contributed by atoms with Gasteiger partial charge in [0.25, 0.3) is 0 Å². The van der Waals surface area contributed by atoms with E-state index in [9.17, 15) is 4.79 Å². The first-order valence-electron chi connectivity index (χ1n) is 5.44. The average molecular weight is 215 g/mol. The van der Waals surface area contributed by atoms with Gasteiger partial charge in [0.2, 0.25) is 5.91 Å². The summed E-state index contributed by atoms with van der Waals surface area (Å²) in [6.07, 6.45) is 0.668. The van der Waals surface area contributed by atoms with Crippen molar-refractivity contribution in [2.24, 2.45) is 0 Å². The summed E-state index contributed by atoms with van der Waals surface area (Å²) in [7, 11) is 3.91. The number of morpholine rings is 1. The molecule has 5 nitrogen and oxygen atoms in total. The van der Waals surface area contributed by atoms with Crippen LogP contribution in [0.3, 0.4) is 0 Å². The van der Waals surface area contributed by atoms with Crippen LogP contribution in [0, 0.1) is 0 Å². The van der Waals surface area contributed by atoms with Crippen LogP contribution in [-0.2, 0) is 9.53 Å². The normalized spacial score (nSPS) is 22.7. The summed E-state index contributed by atoms with van der Waals surface area (Å²) >= 11 is 0. The van der Waals surface area contributed by atoms with Gasteiger partial charge >= 0.3 is 0 Å². The lowest BCUT2D eigenvalue weighted by Gasteiger charge is -2.30. The number of nitrogens with zero attached hydrogens (tertiary/aromatic N) is 1. The first-order valence-corrected chi connectivity index (χ1v) is 5.44. The van der Waals surface area contributed by atoms with Crippen molar-refractivity contribution >= 4 is 5.91 Å². The predicted octanol–water partition coefficient (Wildman–Crippen LogP) is -0.957. The zero-order chi connectivity index (χ0) is 11.1. The van der Waals surface area contributed by atoms with Gasteiger partial charge in [-0.1, -0.05) is 0 Å². The maximum Gasteiger partial charge on any atom is 0.221 e. The lowest BCUT2D eigenvalue weighted by molar-refractivity contribution is -0.122. The highest BCUT2D eigenvalue weighted by atomic mass is 16.5. The number of likely N-dealkylation sites (N-methyl/N-ethyl adjacent to an activating group) is 1. The Bertz CT molecular complexity index is 199. The predicted molar refractivity (Wildman–Crippen MR) is 58.8 cm³/mol. The van der Waals surface area contributed by atoms with Crippen molar-refractivity contribution in [2.75, 3.05) is 46.9 Å². The molecule has 1 atom stereocenters. The van der Waals surface area contributed by atoms with Crippen LogP contribution in [0.2, 0.25) is 0 Å². The van der Waals surface area contributed by atoms with E-state index in [0.717, 1.165) is 26.2 Å². The summed E-state index contributed by atoms with van der Waals surface area (Å²) in [6.45, 7) is 3.97.